The Morgan fingerprint density at radius 2 is 1.84 bits per heavy atom. The predicted molar refractivity (Wildman–Crippen MR) is 101 cm³/mol. The molecule has 126 valence electrons. The van der Waals surface area contributed by atoms with Gasteiger partial charge in [-0.1, -0.05) is 30.3 Å². The lowest BCUT2D eigenvalue weighted by molar-refractivity contribution is 0.0340. The molecule has 0 radical (unpaired) electrons. The van der Waals surface area contributed by atoms with Gasteiger partial charge in [-0.25, -0.2) is 4.79 Å². The fourth-order valence-electron chi connectivity index (χ4n) is 3.72. The van der Waals surface area contributed by atoms with Crippen LogP contribution in [0.5, 0.6) is 0 Å². The summed E-state index contributed by atoms with van der Waals surface area (Å²) in [4.78, 5) is 12.5. The summed E-state index contributed by atoms with van der Waals surface area (Å²) < 4.78 is 5.75. The minimum absolute atomic E-state index is 0.310. The predicted octanol–water partition coefficient (Wildman–Crippen LogP) is 4.75. The van der Waals surface area contributed by atoms with E-state index in [1.165, 1.54) is 21.9 Å². The summed E-state index contributed by atoms with van der Waals surface area (Å²) in [5.41, 5.74) is 11.8. The maximum atomic E-state index is 12.5. The molecule has 1 aliphatic rings. The number of esters is 1. The Bertz CT molecular complexity index is 980. The number of carbonyl (C=O) groups excluding carboxylic acids is 1. The fourth-order valence-corrected chi connectivity index (χ4v) is 3.72. The van der Waals surface area contributed by atoms with Crippen LogP contribution >= 0.6 is 0 Å². The van der Waals surface area contributed by atoms with Gasteiger partial charge in [0.05, 0.1) is 5.56 Å². The molecule has 4 rings (SSSR count). The summed E-state index contributed by atoms with van der Waals surface area (Å²) in [6.45, 7) is 3.82. The molecule has 0 saturated carbocycles. The number of hydrogen-bond acceptors (Lipinski definition) is 3. The Morgan fingerprint density at radius 1 is 1.08 bits per heavy atom. The lowest BCUT2D eigenvalue weighted by atomic mass is 9.97. The number of nitrogens with two attached hydrogens (primary N) is 1. The van der Waals surface area contributed by atoms with Gasteiger partial charge in [-0.05, 0) is 72.4 Å². The van der Waals surface area contributed by atoms with Crippen molar-refractivity contribution >= 4 is 22.4 Å². The molecule has 3 nitrogen and oxygen atoms in total. The van der Waals surface area contributed by atoms with Gasteiger partial charge in [-0.3, -0.25) is 0 Å². The van der Waals surface area contributed by atoms with E-state index < -0.39 is 0 Å². The van der Waals surface area contributed by atoms with E-state index in [-0.39, 0.29) is 12.1 Å². The van der Waals surface area contributed by atoms with Gasteiger partial charge in [-0.2, -0.15) is 0 Å². The van der Waals surface area contributed by atoms with Gasteiger partial charge in [-0.15, -0.1) is 0 Å². The molecule has 3 heteroatoms. The molecule has 1 atom stereocenters. The number of anilines is 1. The second-order valence-electron chi connectivity index (χ2n) is 6.77. The minimum atomic E-state index is -0.321. The summed E-state index contributed by atoms with van der Waals surface area (Å²) in [7, 11) is 0. The van der Waals surface area contributed by atoms with Crippen LogP contribution in [0, 0.1) is 6.92 Å². The first-order chi connectivity index (χ1) is 12.0. The van der Waals surface area contributed by atoms with Crippen molar-refractivity contribution in [2.75, 3.05) is 5.73 Å². The summed E-state index contributed by atoms with van der Waals surface area (Å²) in [6.07, 6.45) is 1.87. The summed E-state index contributed by atoms with van der Waals surface area (Å²) in [6, 6.07) is 15.9. The molecule has 0 fully saturated rings. The van der Waals surface area contributed by atoms with Crippen molar-refractivity contribution in [2.24, 2.45) is 0 Å². The average molecular weight is 331 g/mol. The van der Waals surface area contributed by atoms with Crippen LogP contribution in [0.1, 0.15) is 45.6 Å². The molecule has 2 N–H and O–H groups in total. The molecule has 3 aromatic carbocycles. The maximum Gasteiger partial charge on any atom is 0.338 e. The Morgan fingerprint density at radius 3 is 2.60 bits per heavy atom. The lowest BCUT2D eigenvalue weighted by Gasteiger charge is -2.17. The van der Waals surface area contributed by atoms with Gasteiger partial charge < -0.3 is 10.5 Å². The summed E-state index contributed by atoms with van der Waals surface area (Å²) in [5.74, 6) is -0.321. The maximum absolute atomic E-state index is 12.5. The van der Waals surface area contributed by atoms with E-state index in [1.54, 1.807) is 18.2 Å². The van der Waals surface area contributed by atoms with E-state index in [1.807, 2.05) is 13.8 Å². The number of hydrogen-bond donors (Lipinski definition) is 1. The topological polar surface area (TPSA) is 52.3 Å². The van der Waals surface area contributed by atoms with Gasteiger partial charge >= 0.3 is 5.97 Å². The van der Waals surface area contributed by atoms with Crippen molar-refractivity contribution < 1.29 is 9.53 Å². The van der Waals surface area contributed by atoms with Gasteiger partial charge in [0, 0.05) is 11.3 Å². The summed E-state index contributed by atoms with van der Waals surface area (Å²) >= 11 is 0. The normalized spacial score (nSPS) is 13.8. The Hall–Kier alpha value is -2.81. The van der Waals surface area contributed by atoms with Crippen LogP contribution < -0.4 is 5.73 Å². The van der Waals surface area contributed by atoms with Crippen LogP contribution in [0.15, 0.2) is 48.5 Å². The molecular weight excluding hydrogens is 310 g/mol. The van der Waals surface area contributed by atoms with Crippen LogP contribution in [-0.2, 0) is 17.6 Å². The molecule has 0 unspecified atom stereocenters. The van der Waals surface area contributed by atoms with E-state index in [2.05, 4.69) is 30.3 Å². The van der Waals surface area contributed by atoms with Crippen molar-refractivity contribution in [3.05, 3.63) is 76.3 Å². The first-order valence-electron chi connectivity index (χ1n) is 8.65. The standard InChI is InChI=1S/C22H21NO2/c1-13-12-17(9-11-20(13)23)22(24)25-14(2)18-10-8-16-7-6-15-4-3-5-19(18)21(15)16/h3-5,8-12,14H,6-7,23H2,1-2H3/t14-/m0/s1. The van der Waals surface area contributed by atoms with Crippen LogP contribution in [0.2, 0.25) is 0 Å². The van der Waals surface area contributed by atoms with Crippen LogP contribution in [0.4, 0.5) is 5.69 Å². The second-order valence-corrected chi connectivity index (χ2v) is 6.77. The Balaban J connectivity index is 1.66. The number of benzene rings is 3. The molecule has 0 aliphatic heterocycles. The smallest absolute Gasteiger partial charge is 0.338 e. The van der Waals surface area contributed by atoms with Gasteiger partial charge in [0.1, 0.15) is 6.10 Å². The minimum Gasteiger partial charge on any atom is -0.454 e. The third kappa shape index (κ3) is 2.66. The van der Waals surface area contributed by atoms with Crippen LogP contribution in [0.25, 0.3) is 10.8 Å². The molecule has 25 heavy (non-hydrogen) atoms. The van der Waals surface area contributed by atoms with Gasteiger partial charge in [0.2, 0.25) is 0 Å². The Labute approximate surface area is 147 Å². The largest absolute Gasteiger partial charge is 0.454 e. The molecule has 0 amide bonds. The van der Waals surface area contributed by atoms with Crippen molar-refractivity contribution in [1.29, 1.82) is 0 Å². The number of nitrogen functional groups attached to an aromatic ring is 1. The Kier molecular flexibility index (Phi) is 3.72. The van der Waals surface area contributed by atoms with Gasteiger partial charge in [0.25, 0.3) is 0 Å². The van der Waals surface area contributed by atoms with E-state index >= 15 is 0 Å². The van der Waals surface area contributed by atoms with Crippen LogP contribution in [0.3, 0.4) is 0 Å². The van der Waals surface area contributed by atoms with E-state index in [9.17, 15) is 4.79 Å². The quantitative estimate of drug-likeness (QED) is 0.557. The zero-order chi connectivity index (χ0) is 17.6. The molecule has 0 heterocycles. The third-order valence-corrected chi connectivity index (χ3v) is 5.14. The highest BCUT2D eigenvalue weighted by atomic mass is 16.5. The zero-order valence-corrected chi connectivity index (χ0v) is 14.5. The third-order valence-electron chi connectivity index (χ3n) is 5.14. The number of aryl methyl sites for hydroxylation is 3. The van der Waals surface area contributed by atoms with E-state index in [0.717, 1.165) is 24.0 Å². The molecule has 1 aliphatic carbocycles. The number of carbonyl (C=O) groups is 1. The zero-order valence-electron chi connectivity index (χ0n) is 14.5. The van der Waals surface area contributed by atoms with E-state index in [4.69, 9.17) is 10.5 Å². The highest BCUT2D eigenvalue weighted by Gasteiger charge is 2.20. The summed E-state index contributed by atoms with van der Waals surface area (Å²) in [5, 5.41) is 2.53. The van der Waals surface area contributed by atoms with Crippen molar-refractivity contribution in [3.63, 3.8) is 0 Å². The molecule has 0 spiro atoms. The van der Waals surface area contributed by atoms with Crippen LogP contribution in [-0.4, -0.2) is 5.97 Å². The lowest BCUT2D eigenvalue weighted by Crippen LogP contribution is -2.10. The van der Waals surface area contributed by atoms with E-state index in [0.29, 0.717) is 11.3 Å². The van der Waals surface area contributed by atoms with Crippen molar-refractivity contribution in [2.45, 2.75) is 32.8 Å². The van der Waals surface area contributed by atoms with Gasteiger partial charge in [0.15, 0.2) is 0 Å². The van der Waals surface area contributed by atoms with Crippen molar-refractivity contribution in [1.82, 2.24) is 0 Å². The fraction of sp³-hybridized carbons (Fsp3) is 0.227. The number of rotatable bonds is 3. The number of ether oxygens (including phenoxy) is 1. The SMILES string of the molecule is Cc1cc(C(=O)O[C@@H](C)c2ccc3c4c(cccc24)CC3)ccc1N. The molecular formula is C22H21NO2. The van der Waals surface area contributed by atoms with Crippen molar-refractivity contribution in [3.8, 4) is 0 Å². The first kappa shape index (κ1) is 15.7. The highest BCUT2D eigenvalue weighted by molar-refractivity contribution is 5.94. The molecule has 0 aromatic heterocycles. The molecule has 3 aromatic rings. The first-order valence-corrected chi connectivity index (χ1v) is 8.65. The second kappa shape index (κ2) is 5.92. The average Bonchev–Trinajstić information content (AvgIpc) is 3.02. The molecule has 0 bridgehead atoms. The highest BCUT2D eigenvalue weighted by Crippen LogP contribution is 2.36. The molecule has 0 saturated heterocycles. The monoisotopic (exact) mass is 331 g/mol.